The summed E-state index contributed by atoms with van der Waals surface area (Å²) in [5, 5.41) is 6.02. The molecular formula is C25H32F3N5O8S2. The molecule has 1 aromatic carbocycles. The molecule has 13 nitrogen and oxygen atoms in total. The van der Waals surface area contributed by atoms with Crippen molar-refractivity contribution in [2.75, 3.05) is 29.8 Å². The van der Waals surface area contributed by atoms with Crippen LogP contribution in [0.25, 0.3) is 0 Å². The van der Waals surface area contributed by atoms with Crippen LogP contribution in [-0.2, 0) is 37.7 Å². The molecule has 0 radical (unpaired) electrons. The minimum atomic E-state index is -4.83. The van der Waals surface area contributed by atoms with Crippen LogP contribution in [0.4, 0.5) is 29.3 Å². The van der Waals surface area contributed by atoms with E-state index in [-0.39, 0.29) is 41.0 Å². The number of carbonyl (C=O) groups excluding carboxylic acids is 1. The van der Waals surface area contributed by atoms with E-state index < -0.39 is 49.3 Å². The first-order chi connectivity index (χ1) is 20.0. The van der Waals surface area contributed by atoms with Crippen LogP contribution in [0.5, 0.6) is 11.6 Å². The zero-order valence-electron chi connectivity index (χ0n) is 23.6. The Labute approximate surface area is 246 Å². The SMILES string of the molecule is COc1nn2c(c1S(=O)(=O)N1C[C@H](CNS(=O)(=O)C3CC3)Oc3ccc(NC(=O)OC(C)(C)C(F)(F)F)cc31)CCCC2. The molecule has 18 heteroatoms. The molecule has 2 aliphatic heterocycles. The molecule has 1 saturated carbocycles. The van der Waals surface area contributed by atoms with Gasteiger partial charge in [0.2, 0.25) is 15.6 Å². The molecule has 1 aliphatic carbocycles. The van der Waals surface area contributed by atoms with Crippen LogP contribution in [0.15, 0.2) is 23.1 Å². The van der Waals surface area contributed by atoms with Crippen LogP contribution < -0.4 is 23.8 Å². The van der Waals surface area contributed by atoms with E-state index in [9.17, 15) is 34.8 Å². The molecule has 5 rings (SSSR count). The van der Waals surface area contributed by atoms with E-state index in [1.807, 2.05) is 0 Å². The van der Waals surface area contributed by atoms with Gasteiger partial charge in [0, 0.05) is 18.8 Å². The van der Waals surface area contributed by atoms with Gasteiger partial charge in [-0.15, -0.1) is 5.10 Å². The van der Waals surface area contributed by atoms with Crippen LogP contribution >= 0.6 is 0 Å². The fourth-order valence-electron chi connectivity index (χ4n) is 4.80. The summed E-state index contributed by atoms with van der Waals surface area (Å²) >= 11 is 0. The summed E-state index contributed by atoms with van der Waals surface area (Å²) in [6.07, 6.45) is -4.15. The standard InChI is InChI=1S/C25H32F3N5O8S2/c1-24(2,25(26,27)28)41-23(34)30-15-7-10-20-19(12-15)33(14-16(40-20)13-29-42(35,36)17-8-9-17)43(37,38)21-18-6-4-5-11-32(18)31-22(21)39-3/h7,10,12,16-17,29H,4-6,8-9,11,13-14H2,1-3H3,(H,30,34)/t16-/m0/s1. The summed E-state index contributed by atoms with van der Waals surface area (Å²) in [5.74, 6) is -0.0665. The van der Waals surface area contributed by atoms with Gasteiger partial charge in [0.15, 0.2) is 4.90 Å². The number of halogens is 3. The Morgan fingerprint density at radius 2 is 1.88 bits per heavy atom. The zero-order chi connectivity index (χ0) is 31.4. The Bertz CT molecular complexity index is 1620. The quantitative estimate of drug-likeness (QED) is 0.416. The predicted molar refractivity (Wildman–Crippen MR) is 147 cm³/mol. The number of fused-ring (bicyclic) bond motifs is 2. The average Bonchev–Trinajstić information content (AvgIpc) is 3.71. The number of ether oxygens (including phenoxy) is 3. The fraction of sp³-hybridized carbons (Fsp3) is 0.600. The molecule has 238 valence electrons. The van der Waals surface area contributed by atoms with Gasteiger partial charge in [0.25, 0.3) is 15.9 Å². The van der Waals surface area contributed by atoms with E-state index in [1.165, 1.54) is 25.3 Å². The molecule has 0 saturated heterocycles. The Morgan fingerprint density at radius 1 is 1.16 bits per heavy atom. The maximum atomic E-state index is 14.3. The highest BCUT2D eigenvalue weighted by atomic mass is 32.2. The number of methoxy groups -OCH3 is 1. The second-order valence-electron chi connectivity index (χ2n) is 11.0. The lowest BCUT2D eigenvalue weighted by Crippen LogP contribution is -2.49. The second-order valence-corrected chi connectivity index (χ2v) is 14.9. The summed E-state index contributed by atoms with van der Waals surface area (Å²) in [6.45, 7) is 1.34. The van der Waals surface area contributed by atoms with Crippen LogP contribution in [0.1, 0.15) is 45.2 Å². The van der Waals surface area contributed by atoms with Crippen LogP contribution in [0, 0.1) is 0 Å². The predicted octanol–water partition coefficient (Wildman–Crippen LogP) is 3.16. The molecule has 1 amide bonds. The first-order valence-electron chi connectivity index (χ1n) is 13.6. The normalized spacial score (nSPS) is 19.2. The van der Waals surface area contributed by atoms with E-state index in [0.717, 1.165) is 17.1 Å². The van der Waals surface area contributed by atoms with Gasteiger partial charge in [-0.25, -0.2) is 26.4 Å². The maximum absolute atomic E-state index is 14.3. The molecule has 2 aromatic rings. The lowest BCUT2D eigenvalue weighted by atomic mass is 10.1. The fourth-order valence-corrected chi connectivity index (χ4v) is 8.05. The van der Waals surface area contributed by atoms with Crippen LogP contribution in [0.2, 0.25) is 0 Å². The van der Waals surface area contributed by atoms with E-state index >= 15 is 0 Å². The summed E-state index contributed by atoms with van der Waals surface area (Å²) in [7, 11) is -6.73. The summed E-state index contributed by atoms with van der Waals surface area (Å²) in [5.41, 5.74) is -2.44. The molecule has 2 N–H and O–H groups in total. The number of hydrogen-bond acceptors (Lipinski definition) is 9. The largest absolute Gasteiger partial charge is 0.485 e. The van der Waals surface area contributed by atoms with Gasteiger partial charge in [-0.1, -0.05) is 0 Å². The van der Waals surface area contributed by atoms with Gasteiger partial charge < -0.3 is 14.2 Å². The van der Waals surface area contributed by atoms with Crippen molar-refractivity contribution in [2.45, 2.75) is 80.5 Å². The molecule has 0 bridgehead atoms. The van der Waals surface area contributed by atoms with Crippen molar-refractivity contribution in [3.63, 3.8) is 0 Å². The Balaban J connectivity index is 1.50. The van der Waals surface area contributed by atoms with Gasteiger partial charge in [0.05, 0.1) is 30.3 Å². The van der Waals surface area contributed by atoms with Gasteiger partial charge in [0.1, 0.15) is 11.9 Å². The number of alkyl halides is 3. The molecule has 1 atom stereocenters. The lowest BCUT2D eigenvalue weighted by Gasteiger charge is -2.36. The number of rotatable bonds is 9. The second kappa shape index (κ2) is 11.0. The third kappa shape index (κ3) is 6.22. The van der Waals surface area contributed by atoms with Crippen molar-refractivity contribution in [3.8, 4) is 11.6 Å². The first-order valence-corrected chi connectivity index (χ1v) is 16.5. The maximum Gasteiger partial charge on any atom is 0.427 e. The lowest BCUT2D eigenvalue weighted by molar-refractivity contribution is -0.242. The number of nitrogens with one attached hydrogen (secondary N) is 2. The van der Waals surface area contributed by atoms with Gasteiger partial charge in [-0.3, -0.25) is 14.3 Å². The van der Waals surface area contributed by atoms with E-state index in [1.54, 1.807) is 4.68 Å². The molecular weight excluding hydrogens is 619 g/mol. The number of benzene rings is 1. The summed E-state index contributed by atoms with van der Waals surface area (Å²) in [4.78, 5) is 12.2. The van der Waals surface area contributed by atoms with Crippen molar-refractivity contribution in [1.82, 2.24) is 14.5 Å². The van der Waals surface area contributed by atoms with Gasteiger partial charge >= 0.3 is 12.3 Å². The van der Waals surface area contributed by atoms with Crippen molar-refractivity contribution >= 4 is 37.5 Å². The number of hydrogen-bond donors (Lipinski definition) is 2. The zero-order valence-corrected chi connectivity index (χ0v) is 25.2. The summed E-state index contributed by atoms with van der Waals surface area (Å²) < 4.78 is 114. The van der Waals surface area contributed by atoms with Crippen molar-refractivity contribution < 1.29 is 49.0 Å². The molecule has 0 spiro atoms. The minimum Gasteiger partial charge on any atom is -0.485 e. The first kappa shape index (κ1) is 31.2. The summed E-state index contributed by atoms with van der Waals surface area (Å²) in [6, 6.07) is 3.85. The number of carbonyl (C=O) groups is 1. The van der Waals surface area contributed by atoms with Gasteiger partial charge in [-0.05, 0) is 64.2 Å². The smallest absolute Gasteiger partial charge is 0.427 e. The van der Waals surface area contributed by atoms with Crippen molar-refractivity contribution in [3.05, 3.63) is 23.9 Å². The molecule has 1 fully saturated rings. The number of amides is 1. The van der Waals surface area contributed by atoms with Crippen LogP contribution in [0.3, 0.4) is 0 Å². The topological polar surface area (TPSA) is 158 Å². The van der Waals surface area contributed by atoms with E-state index in [0.29, 0.717) is 45.3 Å². The Hall–Kier alpha value is -3.25. The number of nitrogens with zero attached hydrogens (tertiary/aromatic N) is 3. The molecule has 0 unspecified atom stereocenters. The van der Waals surface area contributed by atoms with Crippen LogP contribution in [-0.4, -0.2) is 76.0 Å². The third-order valence-corrected chi connectivity index (χ3v) is 11.2. The number of aromatic nitrogens is 2. The minimum absolute atomic E-state index is 0.0352. The van der Waals surface area contributed by atoms with Gasteiger partial charge in [-0.2, -0.15) is 13.2 Å². The highest BCUT2D eigenvalue weighted by Gasteiger charge is 2.51. The van der Waals surface area contributed by atoms with E-state index in [2.05, 4.69) is 19.9 Å². The van der Waals surface area contributed by atoms with Crippen molar-refractivity contribution in [2.24, 2.45) is 0 Å². The average molecular weight is 652 g/mol. The number of aryl methyl sites for hydroxylation is 1. The van der Waals surface area contributed by atoms with Crippen molar-refractivity contribution in [1.29, 1.82) is 0 Å². The Kier molecular flexibility index (Phi) is 8.00. The third-order valence-electron chi connectivity index (χ3n) is 7.40. The Morgan fingerprint density at radius 3 is 2.53 bits per heavy atom. The molecule has 43 heavy (non-hydrogen) atoms. The molecule has 1 aromatic heterocycles. The number of anilines is 2. The highest BCUT2D eigenvalue weighted by molar-refractivity contribution is 7.93. The van der Waals surface area contributed by atoms with E-state index in [4.69, 9.17) is 9.47 Å². The highest BCUT2D eigenvalue weighted by Crippen LogP contribution is 2.42. The molecule has 3 heterocycles. The number of sulfonamides is 2. The molecule has 3 aliphatic rings. The monoisotopic (exact) mass is 651 g/mol.